The van der Waals surface area contributed by atoms with Gasteiger partial charge in [0.15, 0.2) is 5.17 Å². The van der Waals surface area contributed by atoms with Gasteiger partial charge in [0.25, 0.3) is 0 Å². The summed E-state index contributed by atoms with van der Waals surface area (Å²) in [6.07, 6.45) is 7.71. The molecule has 1 aliphatic carbocycles. The number of hydrogen-bond donors (Lipinski definition) is 0. The van der Waals surface area contributed by atoms with Crippen LogP contribution in [0.1, 0.15) is 51.0 Å². The van der Waals surface area contributed by atoms with Crippen LogP contribution in [0, 0.1) is 0 Å². The van der Waals surface area contributed by atoms with Gasteiger partial charge in [0.05, 0.1) is 13.2 Å². The van der Waals surface area contributed by atoms with Crippen molar-refractivity contribution in [3.05, 3.63) is 29.8 Å². The lowest BCUT2D eigenvalue weighted by atomic mass is 10.1. The molecule has 0 radical (unpaired) electrons. The largest absolute Gasteiger partial charge is 0.497 e. The number of methoxy groups -OCH3 is 1. The van der Waals surface area contributed by atoms with E-state index in [9.17, 15) is 4.79 Å². The molecule has 2 fully saturated rings. The predicted molar refractivity (Wildman–Crippen MR) is 112 cm³/mol. The third-order valence-electron chi connectivity index (χ3n) is 5.50. The third kappa shape index (κ3) is 5.18. The van der Waals surface area contributed by atoms with Gasteiger partial charge < -0.3 is 14.5 Å². The van der Waals surface area contributed by atoms with Gasteiger partial charge in [0.2, 0.25) is 5.91 Å². The number of amidine groups is 1. The van der Waals surface area contributed by atoms with Crippen LogP contribution < -0.4 is 4.74 Å². The predicted octanol–water partition coefficient (Wildman–Crippen LogP) is 4.13. The van der Waals surface area contributed by atoms with E-state index in [1.807, 2.05) is 29.2 Å². The molecule has 1 aromatic carbocycles. The Bertz CT molecular complexity index is 654. The summed E-state index contributed by atoms with van der Waals surface area (Å²) >= 11 is 1.78. The van der Waals surface area contributed by atoms with Crippen LogP contribution in [0.25, 0.3) is 0 Å². The quantitative estimate of drug-likeness (QED) is 0.711. The minimum absolute atomic E-state index is 0.0547. The van der Waals surface area contributed by atoms with Gasteiger partial charge in [-0.15, -0.1) is 0 Å². The zero-order chi connectivity index (χ0) is 19.2. The highest BCUT2D eigenvalue weighted by atomic mass is 32.2. The molecule has 1 amide bonds. The highest BCUT2D eigenvalue weighted by Crippen LogP contribution is 2.29. The number of benzene rings is 1. The van der Waals surface area contributed by atoms with Gasteiger partial charge in [-0.05, 0) is 30.5 Å². The number of rotatable bonds is 5. The maximum Gasteiger partial charge on any atom is 0.221 e. The molecule has 1 saturated carbocycles. The summed E-state index contributed by atoms with van der Waals surface area (Å²) in [5.74, 6) is 1.80. The molecule has 0 bridgehead atoms. The van der Waals surface area contributed by atoms with Crippen molar-refractivity contribution in [3.63, 3.8) is 0 Å². The van der Waals surface area contributed by atoms with Gasteiger partial charge in [-0.1, -0.05) is 49.6 Å². The van der Waals surface area contributed by atoms with Crippen molar-refractivity contribution in [1.29, 1.82) is 0 Å². The summed E-state index contributed by atoms with van der Waals surface area (Å²) in [7, 11) is 3.74. The molecular weight excluding hydrogens is 358 g/mol. The maximum atomic E-state index is 12.4. The lowest BCUT2D eigenvalue weighted by Crippen LogP contribution is -2.47. The van der Waals surface area contributed by atoms with E-state index in [0.29, 0.717) is 12.6 Å². The number of carbonyl (C=O) groups excluding carboxylic acids is 1. The van der Waals surface area contributed by atoms with Crippen molar-refractivity contribution in [2.75, 3.05) is 19.9 Å². The Morgan fingerprint density at radius 3 is 2.48 bits per heavy atom. The minimum Gasteiger partial charge on any atom is -0.497 e. The fourth-order valence-electron chi connectivity index (χ4n) is 3.81. The van der Waals surface area contributed by atoms with Crippen molar-refractivity contribution < 1.29 is 9.53 Å². The second-order valence-corrected chi connectivity index (χ2v) is 8.44. The number of aliphatic imine (C=N–C) groups is 1. The molecule has 148 valence electrons. The Hall–Kier alpha value is -1.69. The first-order valence-electron chi connectivity index (χ1n) is 9.92. The molecule has 1 heterocycles. The molecule has 0 aromatic heterocycles. The molecule has 1 unspecified atom stereocenters. The number of amides is 1. The summed E-state index contributed by atoms with van der Waals surface area (Å²) in [5, 5.41) is 1.09. The third-order valence-corrected chi connectivity index (χ3v) is 6.62. The normalized spacial score (nSPS) is 22.7. The topological polar surface area (TPSA) is 45.1 Å². The van der Waals surface area contributed by atoms with E-state index in [1.54, 1.807) is 25.8 Å². The van der Waals surface area contributed by atoms with Crippen molar-refractivity contribution >= 4 is 22.8 Å². The highest BCUT2D eigenvalue weighted by Gasteiger charge is 2.34. The molecule has 5 nitrogen and oxygen atoms in total. The summed E-state index contributed by atoms with van der Waals surface area (Å²) in [4.78, 5) is 21.6. The molecule has 1 aliphatic heterocycles. The molecule has 6 heteroatoms. The number of hydrogen-bond acceptors (Lipinski definition) is 4. The highest BCUT2D eigenvalue weighted by molar-refractivity contribution is 8.14. The number of ether oxygens (including phenoxy) is 1. The molecule has 0 N–H and O–H groups in total. The van der Waals surface area contributed by atoms with Crippen molar-refractivity contribution in [3.8, 4) is 5.75 Å². The zero-order valence-electron chi connectivity index (χ0n) is 16.7. The number of carbonyl (C=O) groups is 1. The van der Waals surface area contributed by atoms with Gasteiger partial charge in [-0.2, -0.15) is 0 Å². The second kappa shape index (κ2) is 9.49. The van der Waals surface area contributed by atoms with Crippen LogP contribution in [0.2, 0.25) is 0 Å². The lowest BCUT2D eigenvalue weighted by Gasteiger charge is -2.33. The Labute approximate surface area is 167 Å². The molecule has 2 aliphatic rings. The van der Waals surface area contributed by atoms with Crippen LogP contribution in [0.4, 0.5) is 0 Å². The average Bonchev–Trinajstić information content (AvgIpc) is 2.86. The average molecular weight is 390 g/mol. The summed E-state index contributed by atoms with van der Waals surface area (Å²) in [5.41, 5.74) is 1.11. The zero-order valence-corrected chi connectivity index (χ0v) is 17.5. The monoisotopic (exact) mass is 389 g/mol. The van der Waals surface area contributed by atoms with Crippen LogP contribution >= 0.6 is 11.8 Å². The number of thioether (sulfide) groups is 1. The van der Waals surface area contributed by atoms with Crippen LogP contribution in [0.5, 0.6) is 5.75 Å². The van der Waals surface area contributed by atoms with Crippen molar-refractivity contribution in [2.24, 2.45) is 4.99 Å². The van der Waals surface area contributed by atoms with Gasteiger partial charge >= 0.3 is 0 Å². The summed E-state index contributed by atoms with van der Waals surface area (Å²) < 4.78 is 5.23. The first-order chi connectivity index (χ1) is 13.1. The molecule has 0 spiro atoms. The smallest absolute Gasteiger partial charge is 0.221 e. The van der Waals surface area contributed by atoms with Crippen molar-refractivity contribution in [1.82, 2.24) is 9.80 Å². The van der Waals surface area contributed by atoms with Crippen LogP contribution in [0.3, 0.4) is 0 Å². The fourth-order valence-corrected chi connectivity index (χ4v) is 5.07. The molecule has 1 aromatic rings. The Morgan fingerprint density at radius 1 is 1.22 bits per heavy atom. The first kappa shape index (κ1) is 20.1. The Kier molecular flexibility index (Phi) is 7.05. The standard InChI is InChI=1S/C21H31N3O2S/c1-16(25)24(14-17-10-12-19(26-3)13-11-17)20-15-27-21(23(20)2)22-18-8-6-4-5-7-9-18/h10-13,18,20H,4-9,14-15H2,1-3H3. The van der Waals surface area contributed by atoms with E-state index in [0.717, 1.165) is 22.2 Å². The molecule has 1 atom stereocenters. The van der Waals surface area contributed by atoms with Crippen LogP contribution in [-0.2, 0) is 11.3 Å². The molecule has 3 rings (SSSR count). The van der Waals surface area contributed by atoms with Gasteiger partial charge in [-0.3, -0.25) is 9.79 Å². The number of nitrogens with zero attached hydrogens (tertiary/aromatic N) is 3. The van der Waals surface area contributed by atoms with E-state index in [4.69, 9.17) is 9.73 Å². The van der Waals surface area contributed by atoms with E-state index >= 15 is 0 Å². The van der Waals surface area contributed by atoms with Gasteiger partial charge in [0, 0.05) is 26.3 Å². The molecular formula is C21H31N3O2S. The van der Waals surface area contributed by atoms with Crippen LogP contribution in [-0.4, -0.2) is 53.0 Å². The van der Waals surface area contributed by atoms with E-state index in [2.05, 4.69) is 11.9 Å². The van der Waals surface area contributed by atoms with Gasteiger partial charge in [0.1, 0.15) is 11.9 Å². The first-order valence-corrected chi connectivity index (χ1v) is 10.9. The summed E-state index contributed by atoms with van der Waals surface area (Å²) in [6, 6.07) is 8.39. The maximum absolute atomic E-state index is 12.4. The SMILES string of the molecule is COc1ccc(CN(C(C)=O)C2CSC(=NC3CCCCCC3)N2C)cc1. The van der Waals surface area contributed by atoms with Crippen LogP contribution in [0.15, 0.2) is 29.3 Å². The van der Waals surface area contributed by atoms with E-state index in [-0.39, 0.29) is 12.1 Å². The molecule has 27 heavy (non-hydrogen) atoms. The second-order valence-electron chi connectivity index (χ2n) is 7.45. The Morgan fingerprint density at radius 2 is 1.89 bits per heavy atom. The Balaban J connectivity index is 1.69. The van der Waals surface area contributed by atoms with E-state index < -0.39 is 0 Å². The lowest BCUT2D eigenvalue weighted by molar-refractivity contribution is -0.133. The minimum atomic E-state index is 0.0547. The summed E-state index contributed by atoms with van der Waals surface area (Å²) in [6.45, 7) is 2.26. The van der Waals surface area contributed by atoms with Gasteiger partial charge in [-0.25, -0.2) is 0 Å². The van der Waals surface area contributed by atoms with Crippen molar-refractivity contribution in [2.45, 2.75) is 64.2 Å². The molecule has 1 saturated heterocycles. The fraction of sp³-hybridized carbons (Fsp3) is 0.619. The van der Waals surface area contributed by atoms with E-state index in [1.165, 1.54) is 38.5 Å².